The third-order valence-electron chi connectivity index (χ3n) is 4.75. The highest BCUT2D eigenvalue weighted by Crippen LogP contribution is 2.42. The second-order valence-corrected chi connectivity index (χ2v) is 6.75. The molecular formula is C21H25N3O5. The van der Waals surface area contributed by atoms with Crippen LogP contribution in [-0.4, -0.2) is 59.7 Å². The van der Waals surface area contributed by atoms with Crippen LogP contribution in [0.3, 0.4) is 0 Å². The summed E-state index contributed by atoms with van der Waals surface area (Å²) in [5.41, 5.74) is 0.981. The zero-order valence-electron chi connectivity index (χ0n) is 16.2. The minimum atomic E-state index is -0.519. The molecule has 8 nitrogen and oxygen atoms in total. The lowest BCUT2D eigenvalue weighted by molar-refractivity contribution is 0.0975. The zero-order valence-corrected chi connectivity index (χ0v) is 16.2. The van der Waals surface area contributed by atoms with Crippen LogP contribution in [0.15, 0.2) is 24.3 Å². The minimum Gasteiger partial charge on any atom is -0.507 e. The van der Waals surface area contributed by atoms with Crippen LogP contribution in [0.25, 0.3) is 0 Å². The van der Waals surface area contributed by atoms with Gasteiger partial charge < -0.3 is 31.3 Å². The van der Waals surface area contributed by atoms with Crippen molar-refractivity contribution in [2.75, 3.05) is 43.4 Å². The number of aromatic hydroxyl groups is 2. The fourth-order valence-electron chi connectivity index (χ4n) is 3.41. The molecule has 0 amide bonds. The zero-order chi connectivity index (χ0) is 21.0. The highest BCUT2D eigenvalue weighted by Gasteiger charge is 2.37. The van der Waals surface area contributed by atoms with Gasteiger partial charge in [-0.2, -0.15) is 0 Å². The van der Waals surface area contributed by atoms with Gasteiger partial charge in [0.1, 0.15) is 11.5 Å². The lowest BCUT2D eigenvalue weighted by Gasteiger charge is -2.24. The van der Waals surface area contributed by atoms with Crippen molar-refractivity contribution in [1.82, 2.24) is 5.32 Å². The molecular weight excluding hydrogens is 374 g/mol. The van der Waals surface area contributed by atoms with Gasteiger partial charge in [0.05, 0.1) is 28.9 Å². The second kappa shape index (κ2) is 8.93. The molecule has 1 aliphatic rings. The fourth-order valence-corrected chi connectivity index (χ4v) is 3.41. The van der Waals surface area contributed by atoms with Crippen molar-refractivity contribution in [2.45, 2.75) is 13.3 Å². The Labute approximate surface area is 168 Å². The first kappa shape index (κ1) is 20.6. The number of hydrogen-bond acceptors (Lipinski definition) is 8. The maximum absolute atomic E-state index is 13.3. The number of aliphatic hydroxyl groups excluding tert-OH is 1. The molecule has 154 valence electrons. The maximum Gasteiger partial charge on any atom is 0.200 e. The third-order valence-corrected chi connectivity index (χ3v) is 4.75. The van der Waals surface area contributed by atoms with Gasteiger partial charge in [-0.05, 0) is 30.7 Å². The van der Waals surface area contributed by atoms with Crippen LogP contribution in [-0.2, 0) is 0 Å². The summed E-state index contributed by atoms with van der Waals surface area (Å²) in [5.74, 6) is -1.71. The number of benzene rings is 2. The summed E-state index contributed by atoms with van der Waals surface area (Å²) in [6.45, 7) is 4.10. The molecule has 0 heterocycles. The van der Waals surface area contributed by atoms with Gasteiger partial charge in [-0.15, -0.1) is 0 Å². The van der Waals surface area contributed by atoms with Gasteiger partial charge in [0.25, 0.3) is 0 Å². The van der Waals surface area contributed by atoms with Gasteiger partial charge in [-0.3, -0.25) is 9.59 Å². The molecule has 29 heavy (non-hydrogen) atoms. The molecule has 2 aromatic rings. The smallest absolute Gasteiger partial charge is 0.200 e. The minimum absolute atomic E-state index is 0.0275. The average Bonchev–Trinajstić information content (AvgIpc) is 2.71. The summed E-state index contributed by atoms with van der Waals surface area (Å²) in [4.78, 5) is 26.5. The Kier molecular flexibility index (Phi) is 6.36. The topological polar surface area (TPSA) is 131 Å². The Morgan fingerprint density at radius 1 is 0.724 bits per heavy atom. The van der Waals surface area contributed by atoms with E-state index in [1.165, 1.54) is 12.1 Å². The summed E-state index contributed by atoms with van der Waals surface area (Å²) in [6, 6.07) is 5.86. The van der Waals surface area contributed by atoms with Gasteiger partial charge in [0.2, 0.25) is 11.6 Å². The van der Waals surface area contributed by atoms with Gasteiger partial charge in [-0.25, -0.2) is 0 Å². The van der Waals surface area contributed by atoms with Crippen molar-refractivity contribution in [3.63, 3.8) is 0 Å². The van der Waals surface area contributed by atoms with E-state index in [0.29, 0.717) is 37.6 Å². The molecule has 0 unspecified atom stereocenters. The number of carbonyl (C=O) groups excluding carboxylic acids is 2. The Hall–Kier alpha value is -3.10. The molecule has 0 atom stereocenters. The fraction of sp³-hybridized carbons (Fsp3) is 0.333. The normalized spacial score (nSPS) is 12.5. The van der Waals surface area contributed by atoms with E-state index >= 15 is 0 Å². The van der Waals surface area contributed by atoms with Crippen LogP contribution in [0.2, 0.25) is 0 Å². The summed E-state index contributed by atoms with van der Waals surface area (Å²) in [7, 11) is 0. The van der Waals surface area contributed by atoms with Crippen LogP contribution in [0, 0.1) is 0 Å². The first-order valence-corrected chi connectivity index (χ1v) is 9.61. The molecule has 3 rings (SSSR count). The lowest BCUT2D eigenvalue weighted by atomic mass is 9.81. The quantitative estimate of drug-likeness (QED) is 0.237. The predicted octanol–water partition coefficient (Wildman–Crippen LogP) is 1.69. The molecule has 0 saturated carbocycles. The Bertz CT molecular complexity index is 942. The van der Waals surface area contributed by atoms with E-state index in [1.54, 1.807) is 12.1 Å². The van der Waals surface area contributed by atoms with Crippen LogP contribution >= 0.6 is 0 Å². The predicted molar refractivity (Wildman–Crippen MR) is 110 cm³/mol. The Morgan fingerprint density at radius 2 is 1.24 bits per heavy atom. The molecule has 0 aliphatic heterocycles. The van der Waals surface area contributed by atoms with E-state index in [-0.39, 0.29) is 40.4 Å². The van der Waals surface area contributed by atoms with Crippen LogP contribution in [0.1, 0.15) is 45.2 Å². The first-order chi connectivity index (χ1) is 14.0. The SMILES string of the molecule is CCCNc1ccc(NCCNCCO)c2c1C(=O)c1c(O)ccc(O)c1C2=O. The summed E-state index contributed by atoms with van der Waals surface area (Å²) in [5, 5.41) is 38.6. The van der Waals surface area contributed by atoms with Crippen molar-refractivity contribution >= 4 is 22.9 Å². The Balaban J connectivity index is 2.07. The number of fused-ring (bicyclic) bond motifs is 2. The van der Waals surface area contributed by atoms with Crippen molar-refractivity contribution < 1.29 is 24.9 Å². The number of rotatable bonds is 9. The molecule has 0 bridgehead atoms. The van der Waals surface area contributed by atoms with Crippen LogP contribution in [0.5, 0.6) is 11.5 Å². The number of aliphatic hydroxyl groups is 1. The molecule has 0 spiro atoms. The molecule has 0 fully saturated rings. The van der Waals surface area contributed by atoms with Gasteiger partial charge >= 0.3 is 0 Å². The van der Waals surface area contributed by atoms with Gasteiger partial charge in [0, 0.05) is 37.6 Å². The number of hydrogen-bond donors (Lipinski definition) is 6. The van der Waals surface area contributed by atoms with E-state index in [9.17, 15) is 19.8 Å². The number of anilines is 2. The monoisotopic (exact) mass is 399 g/mol. The molecule has 1 aliphatic carbocycles. The van der Waals surface area contributed by atoms with Crippen LogP contribution in [0.4, 0.5) is 11.4 Å². The number of phenolic OH excluding ortho intramolecular Hbond substituents is 2. The van der Waals surface area contributed by atoms with E-state index in [0.717, 1.165) is 6.42 Å². The molecule has 0 radical (unpaired) electrons. The number of phenols is 2. The number of nitrogens with one attached hydrogen (secondary N) is 3. The molecule has 6 N–H and O–H groups in total. The van der Waals surface area contributed by atoms with Crippen molar-refractivity contribution in [1.29, 1.82) is 0 Å². The van der Waals surface area contributed by atoms with E-state index in [4.69, 9.17) is 5.11 Å². The van der Waals surface area contributed by atoms with Crippen molar-refractivity contribution in [2.24, 2.45) is 0 Å². The average molecular weight is 399 g/mol. The summed E-state index contributed by atoms with van der Waals surface area (Å²) >= 11 is 0. The highest BCUT2D eigenvalue weighted by atomic mass is 16.3. The molecule has 0 saturated heterocycles. The Morgan fingerprint density at radius 3 is 1.72 bits per heavy atom. The first-order valence-electron chi connectivity index (χ1n) is 9.61. The standard InChI is InChI=1S/C21H25N3O5/c1-2-7-23-12-3-4-13(24-9-8-22-10-11-25)17-16(12)20(28)18-14(26)5-6-15(27)19(18)21(17)29/h3-6,22-27H,2,7-11H2,1H3. The van der Waals surface area contributed by atoms with E-state index < -0.39 is 11.6 Å². The van der Waals surface area contributed by atoms with Crippen molar-refractivity contribution in [3.05, 3.63) is 46.5 Å². The molecule has 2 aromatic carbocycles. The summed E-state index contributed by atoms with van der Waals surface area (Å²) in [6.07, 6.45) is 0.829. The largest absolute Gasteiger partial charge is 0.507 e. The van der Waals surface area contributed by atoms with Crippen LogP contribution < -0.4 is 16.0 Å². The van der Waals surface area contributed by atoms with Gasteiger partial charge in [-0.1, -0.05) is 6.92 Å². The summed E-state index contributed by atoms with van der Waals surface area (Å²) < 4.78 is 0. The third kappa shape index (κ3) is 3.90. The maximum atomic E-state index is 13.3. The highest BCUT2D eigenvalue weighted by molar-refractivity contribution is 6.33. The van der Waals surface area contributed by atoms with E-state index in [1.807, 2.05) is 6.92 Å². The number of ketones is 2. The molecule has 0 aromatic heterocycles. The second-order valence-electron chi connectivity index (χ2n) is 6.75. The lowest BCUT2D eigenvalue weighted by Crippen LogP contribution is -2.27. The number of carbonyl (C=O) groups is 2. The van der Waals surface area contributed by atoms with Gasteiger partial charge in [0.15, 0.2) is 0 Å². The van der Waals surface area contributed by atoms with Crippen molar-refractivity contribution in [3.8, 4) is 11.5 Å². The molecule has 8 heteroatoms. The van der Waals surface area contributed by atoms with E-state index in [2.05, 4.69) is 16.0 Å².